The number of rotatable bonds is 3. The van der Waals surface area contributed by atoms with Gasteiger partial charge in [-0.15, -0.1) is 0 Å². The second-order valence-corrected chi connectivity index (χ2v) is 5.37. The van der Waals surface area contributed by atoms with E-state index in [0.717, 1.165) is 10.0 Å². The molecule has 18 heavy (non-hydrogen) atoms. The Kier molecular flexibility index (Phi) is 4.38. The third-order valence-corrected chi connectivity index (χ3v) is 3.36. The summed E-state index contributed by atoms with van der Waals surface area (Å²) >= 11 is 9.13. The smallest absolute Gasteiger partial charge is 0.129 e. The highest BCUT2D eigenvalue weighted by Gasteiger charge is 2.14. The van der Waals surface area contributed by atoms with Crippen molar-refractivity contribution in [3.8, 4) is 0 Å². The molecule has 0 aliphatic rings. The standard InChI is InChI=1S/C14H11BrClFO/c15-10-4-5-13(17)12(8-10)14(18)7-9-2-1-3-11(16)6-9/h1-6,8,14,18H,7H2. The minimum absolute atomic E-state index is 0.282. The molecule has 0 amide bonds. The highest BCUT2D eigenvalue weighted by molar-refractivity contribution is 9.10. The van der Waals surface area contributed by atoms with Gasteiger partial charge in [0.2, 0.25) is 0 Å². The highest BCUT2D eigenvalue weighted by atomic mass is 79.9. The maximum Gasteiger partial charge on any atom is 0.129 e. The third kappa shape index (κ3) is 3.31. The molecule has 94 valence electrons. The van der Waals surface area contributed by atoms with Crippen molar-refractivity contribution in [3.63, 3.8) is 0 Å². The van der Waals surface area contributed by atoms with E-state index in [0.29, 0.717) is 11.4 Å². The summed E-state index contributed by atoms with van der Waals surface area (Å²) in [5.74, 6) is -0.410. The van der Waals surface area contributed by atoms with E-state index in [9.17, 15) is 9.50 Å². The van der Waals surface area contributed by atoms with Crippen LogP contribution in [0.15, 0.2) is 46.9 Å². The molecule has 0 saturated heterocycles. The Labute approximate surface area is 118 Å². The molecule has 0 aliphatic carbocycles. The molecule has 0 spiro atoms. The van der Waals surface area contributed by atoms with Gasteiger partial charge in [0.1, 0.15) is 5.82 Å². The fourth-order valence-electron chi connectivity index (χ4n) is 1.77. The number of hydrogen-bond donors (Lipinski definition) is 1. The van der Waals surface area contributed by atoms with Gasteiger partial charge in [0, 0.05) is 21.5 Å². The molecule has 0 aromatic heterocycles. The second kappa shape index (κ2) is 5.83. The largest absolute Gasteiger partial charge is 0.388 e. The molecule has 1 nitrogen and oxygen atoms in total. The number of hydrogen-bond acceptors (Lipinski definition) is 1. The summed E-state index contributed by atoms with van der Waals surface area (Å²) in [6.07, 6.45) is -0.561. The molecule has 0 fully saturated rings. The molecule has 1 unspecified atom stereocenters. The lowest BCUT2D eigenvalue weighted by atomic mass is 10.0. The van der Waals surface area contributed by atoms with Gasteiger partial charge in [0.05, 0.1) is 6.10 Å². The minimum atomic E-state index is -0.888. The monoisotopic (exact) mass is 328 g/mol. The van der Waals surface area contributed by atoms with Crippen LogP contribution in [-0.2, 0) is 6.42 Å². The van der Waals surface area contributed by atoms with Crippen LogP contribution in [0.25, 0.3) is 0 Å². The van der Waals surface area contributed by atoms with Crippen LogP contribution in [0.3, 0.4) is 0 Å². The molecule has 1 atom stereocenters. The van der Waals surface area contributed by atoms with Gasteiger partial charge in [-0.2, -0.15) is 0 Å². The van der Waals surface area contributed by atoms with Crippen LogP contribution in [0.1, 0.15) is 17.2 Å². The van der Waals surface area contributed by atoms with E-state index in [1.165, 1.54) is 6.07 Å². The maximum absolute atomic E-state index is 13.6. The van der Waals surface area contributed by atoms with Crippen LogP contribution >= 0.6 is 27.5 Å². The van der Waals surface area contributed by atoms with Crippen molar-refractivity contribution in [3.05, 3.63) is 68.9 Å². The first-order valence-electron chi connectivity index (χ1n) is 5.44. The topological polar surface area (TPSA) is 20.2 Å². The lowest BCUT2D eigenvalue weighted by Crippen LogP contribution is -2.04. The molecule has 0 bridgehead atoms. The Bertz CT molecular complexity index is 559. The molecule has 4 heteroatoms. The lowest BCUT2D eigenvalue weighted by molar-refractivity contribution is 0.173. The normalized spacial score (nSPS) is 12.4. The Balaban J connectivity index is 2.21. The minimum Gasteiger partial charge on any atom is -0.388 e. The first-order valence-corrected chi connectivity index (χ1v) is 6.61. The number of aliphatic hydroxyl groups excluding tert-OH is 1. The molecule has 1 N–H and O–H groups in total. The molecular formula is C14H11BrClFO. The Morgan fingerprint density at radius 1 is 1.22 bits per heavy atom. The first kappa shape index (κ1) is 13.5. The quantitative estimate of drug-likeness (QED) is 0.878. The predicted molar refractivity (Wildman–Crippen MR) is 74.2 cm³/mol. The molecule has 2 aromatic rings. The van der Waals surface area contributed by atoms with Gasteiger partial charge in [0.15, 0.2) is 0 Å². The second-order valence-electron chi connectivity index (χ2n) is 4.02. The van der Waals surface area contributed by atoms with Crippen LogP contribution in [0, 0.1) is 5.82 Å². The summed E-state index contributed by atoms with van der Waals surface area (Å²) < 4.78 is 14.3. The van der Waals surface area contributed by atoms with E-state index in [1.807, 2.05) is 12.1 Å². The lowest BCUT2D eigenvalue weighted by Gasteiger charge is -2.12. The summed E-state index contributed by atoms with van der Waals surface area (Å²) in [5.41, 5.74) is 1.15. The van der Waals surface area contributed by atoms with Crippen molar-refractivity contribution in [1.29, 1.82) is 0 Å². The summed E-state index contributed by atoms with van der Waals surface area (Å²) in [4.78, 5) is 0. The number of aliphatic hydroxyl groups is 1. The molecule has 0 aliphatic heterocycles. The van der Waals surface area contributed by atoms with E-state index >= 15 is 0 Å². The third-order valence-electron chi connectivity index (χ3n) is 2.64. The van der Waals surface area contributed by atoms with Gasteiger partial charge in [0.25, 0.3) is 0 Å². The molecule has 0 radical (unpaired) electrons. The fourth-order valence-corrected chi connectivity index (χ4v) is 2.36. The average Bonchev–Trinajstić information content (AvgIpc) is 2.32. The molecule has 0 saturated carbocycles. The zero-order valence-electron chi connectivity index (χ0n) is 9.41. The number of halogens is 3. The van der Waals surface area contributed by atoms with E-state index in [-0.39, 0.29) is 5.56 Å². The van der Waals surface area contributed by atoms with Crippen molar-refractivity contribution in [1.82, 2.24) is 0 Å². The molecule has 2 aromatic carbocycles. The molecular weight excluding hydrogens is 319 g/mol. The van der Waals surface area contributed by atoms with Gasteiger partial charge in [-0.25, -0.2) is 4.39 Å². The molecule has 0 heterocycles. The van der Waals surface area contributed by atoms with E-state index < -0.39 is 11.9 Å². The van der Waals surface area contributed by atoms with Gasteiger partial charge < -0.3 is 5.11 Å². The van der Waals surface area contributed by atoms with Crippen LogP contribution < -0.4 is 0 Å². The summed E-state index contributed by atoms with van der Waals surface area (Å²) in [7, 11) is 0. The van der Waals surface area contributed by atoms with Crippen molar-refractivity contribution in [2.45, 2.75) is 12.5 Å². The van der Waals surface area contributed by atoms with Crippen LogP contribution in [0.5, 0.6) is 0 Å². The SMILES string of the molecule is OC(Cc1cccc(Cl)c1)c1cc(Br)ccc1F. The van der Waals surface area contributed by atoms with Crippen molar-refractivity contribution < 1.29 is 9.50 Å². The average molecular weight is 330 g/mol. The first-order chi connectivity index (χ1) is 8.56. The van der Waals surface area contributed by atoms with Crippen LogP contribution in [-0.4, -0.2) is 5.11 Å². The summed E-state index contributed by atoms with van der Waals surface area (Å²) in [5, 5.41) is 10.7. The van der Waals surface area contributed by atoms with Crippen LogP contribution in [0.2, 0.25) is 5.02 Å². The Morgan fingerprint density at radius 2 is 2.00 bits per heavy atom. The van der Waals surface area contributed by atoms with Crippen molar-refractivity contribution in [2.75, 3.05) is 0 Å². The highest BCUT2D eigenvalue weighted by Crippen LogP contribution is 2.25. The van der Waals surface area contributed by atoms with Gasteiger partial charge >= 0.3 is 0 Å². The van der Waals surface area contributed by atoms with Gasteiger partial charge in [-0.05, 0) is 35.9 Å². The predicted octanol–water partition coefficient (Wildman–Crippen LogP) is 4.52. The zero-order chi connectivity index (χ0) is 13.1. The number of benzene rings is 2. The Morgan fingerprint density at radius 3 is 2.72 bits per heavy atom. The summed E-state index contributed by atoms with van der Waals surface area (Å²) in [6.45, 7) is 0. The Hall–Kier alpha value is -0.900. The van der Waals surface area contributed by atoms with E-state index in [4.69, 9.17) is 11.6 Å². The van der Waals surface area contributed by atoms with Crippen molar-refractivity contribution in [2.24, 2.45) is 0 Å². The summed E-state index contributed by atoms with van der Waals surface area (Å²) in [6, 6.07) is 11.7. The zero-order valence-corrected chi connectivity index (χ0v) is 11.7. The maximum atomic E-state index is 13.6. The fraction of sp³-hybridized carbons (Fsp3) is 0.143. The van der Waals surface area contributed by atoms with E-state index in [2.05, 4.69) is 15.9 Å². The van der Waals surface area contributed by atoms with E-state index in [1.54, 1.807) is 24.3 Å². The van der Waals surface area contributed by atoms with Crippen molar-refractivity contribution >= 4 is 27.5 Å². The van der Waals surface area contributed by atoms with Gasteiger partial charge in [-0.1, -0.05) is 39.7 Å². The molecule has 2 rings (SSSR count). The van der Waals surface area contributed by atoms with Crippen LogP contribution in [0.4, 0.5) is 4.39 Å². The van der Waals surface area contributed by atoms with Gasteiger partial charge in [-0.3, -0.25) is 0 Å².